The molecule has 0 saturated heterocycles. The van der Waals surface area contributed by atoms with Crippen LogP contribution in [-0.2, 0) is 5.54 Å². The molecule has 3 rings (SSSR count). The van der Waals surface area contributed by atoms with E-state index in [0.29, 0.717) is 5.02 Å². The van der Waals surface area contributed by atoms with Crippen LogP contribution in [0.15, 0.2) is 42.5 Å². The standard InChI is InChI=1S/C16H15Cl2N/c1-19-16(7-8-16)12-4-2-3-11(9-12)14-10-13(17)5-6-15(14)18/h2-6,9-10,19H,7-8H2,1H3. The second-order valence-electron chi connectivity index (χ2n) is 5.04. The molecule has 1 aliphatic carbocycles. The summed E-state index contributed by atoms with van der Waals surface area (Å²) in [6.45, 7) is 0. The predicted molar refractivity (Wildman–Crippen MR) is 81.9 cm³/mol. The van der Waals surface area contributed by atoms with Crippen LogP contribution in [0.4, 0.5) is 0 Å². The molecule has 0 atom stereocenters. The van der Waals surface area contributed by atoms with Crippen LogP contribution in [-0.4, -0.2) is 7.05 Å². The number of benzene rings is 2. The van der Waals surface area contributed by atoms with Crippen molar-refractivity contribution in [3.05, 3.63) is 58.1 Å². The van der Waals surface area contributed by atoms with Gasteiger partial charge in [-0.05, 0) is 55.3 Å². The summed E-state index contributed by atoms with van der Waals surface area (Å²) >= 11 is 12.3. The number of halogens is 2. The first-order valence-corrected chi connectivity index (χ1v) is 7.15. The van der Waals surface area contributed by atoms with Crippen LogP contribution >= 0.6 is 23.2 Å². The minimum Gasteiger partial charge on any atom is -0.310 e. The molecule has 0 unspecified atom stereocenters. The van der Waals surface area contributed by atoms with Crippen molar-refractivity contribution in [2.24, 2.45) is 0 Å². The average Bonchev–Trinajstić information content (AvgIpc) is 3.23. The lowest BCUT2D eigenvalue weighted by Gasteiger charge is -2.16. The lowest BCUT2D eigenvalue weighted by Crippen LogP contribution is -2.24. The van der Waals surface area contributed by atoms with Crippen molar-refractivity contribution in [3.63, 3.8) is 0 Å². The van der Waals surface area contributed by atoms with Gasteiger partial charge in [0.2, 0.25) is 0 Å². The van der Waals surface area contributed by atoms with Crippen molar-refractivity contribution in [3.8, 4) is 11.1 Å². The summed E-state index contributed by atoms with van der Waals surface area (Å²) in [5.74, 6) is 0. The Morgan fingerprint density at radius 1 is 1.05 bits per heavy atom. The molecule has 0 aromatic heterocycles. The Labute approximate surface area is 123 Å². The first kappa shape index (κ1) is 13.0. The van der Waals surface area contributed by atoms with E-state index in [1.165, 1.54) is 18.4 Å². The average molecular weight is 292 g/mol. The molecule has 1 aliphatic rings. The lowest BCUT2D eigenvalue weighted by molar-refractivity contribution is 0.586. The fourth-order valence-electron chi connectivity index (χ4n) is 2.51. The van der Waals surface area contributed by atoms with Gasteiger partial charge in [-0.2, -0.15) is 0 Å². The van der Waals surface area contributed by atoms with Crippen molar-refractivity contribution >= 4 is 23.2 Å². The summed E-state index contributed by atoms with van der Waals surface area (Å²) in [5, 5.41) is 4.85. The van der Waals surface area contributed by atoms with Gasteiger partial charge in [-0.3, -0.25) is 0 Å². The second kappa shape index (κ2) is 4.82. The van der Waals surface area contributed by atoms with E-state index in [2.05, 4.69) is 29.6 Å². The third-order valence-corrected chi connectivity index (χ3v) is 4.45. The van der Waals surface area contributed by atoms with Gasteiger partial charge in [-0.1, -0.05) is 41.4 Å². The fraction of sp³-hybridized carbons (Fsp3) is 0.250. The van der Waals surface area contributed by atoms with Gasteiger partial charge in [0.15, 0.2) is 0 Å². The molecule has 1 saturated carbocycles. The minimum atomic E-state index is 0.168. The van der Waals surface area contributed by atoms with Crippen LogP contribution in [0, 0.1) is 0 Å². The van der Waals surface area contributed by atoms with Gasteiger partial charge in [0, 0.05) is 21.1 Å². The highest BCUT2D eigenvalue weighted by Crippen LogP contribution is 2.46. The first-order valence-electron chi connectivity index (χ1n) is 6.39. The highest BCUT2D eigenvalue weighted by molar-refractivity contribution is 6.35. The molecule has 1 fully saturated rings. The Kier molecular flexibility index (Phi) is 3.30. The number of hydrogen-bond acceptors (Lipinski definition) is 1. The normalized spacial score (nSPS) is 16.4. The quantitative estimate of drug-likeness (QED) is 0.851. The van der Waals surface area contributed by atoms with Gasteiger partial charge < -0.3 is 5.32 Å². The van der Waals surface area contributed by atoms with Crippen molar-refractivity contribution in [2.45, 2.75) is 18.4 Å². The van der Waals surface area contributed by atoms with Crippen molar-refractivity contribution in [1.29, 1.82) is 0 Å². The van der Waals surface area contributed by atoms with E-state index in [9.17, 15) is 0 Å². The predicted octanol–water partition coefficient (Wildman–Crippen LogP) is 4.87. The fourth-order valence-corrected chi connectivity index (χ4v) is 2.91. The number of nitrogens with one attached hydrogen (secondary N) is 1. The van der Waals surface area contributed by atoms with E-state index in [4.69, 9.17) is 23.2 Å². The van der Waals surface area contributed by atoms with Gasteiger partial charge in [-0.25, -0.2) is 0 Å². The van der Waals surface area contributed by atoms with Crippen LogP contribution in [0.5, 0.6) is 0 Å². The highest BCUT2D eigenvalue weighted by atomic mass is 35.5. The van der Waals surface area contributed by atoms with Crippen molar-refractivity contribution in [2.75, 3.05) is 7.05 Å². The van der Waals surface area contributed by atoms with Crippen LogP contribution in [0.25, 0.3) is 11.1 Å². The van der Waals surface area contributed by atoms with E-state index in [-0.39, 0.29) is 5.54 Å². The van der Waals surface area contributed by atoms with E-state index >= 15 is 0 Å². The van der Waals surface area contributed by atoms with Gasteiger partial charge in [-0.15, -0.1) is 0 Å². The molecule has 3 heteroatoms. The van der Waals surface area contributed by atoms with Gasteiger partial charge in [0.05, 0.1) is 0 Å². The topological polar surface area (TPSA) is 12.0 Å². The van der Waals surface area contributed by atoms with E-state index in [1.807, 2.05) is 25.2 Å². The molecule has 0 bridgehead atoms. The Hall–Kier alpha value is -1.02. The smallest absolute Gasteiger partial charge is 0.0485 e. The molecule has 98 valence electrons. The van der Waals surface area contributed by atoms with Crippen molar-refractivity contribution < 1.29 is 0 Å². The molecule has 2 aromatic rings. The zero-order valence-electron chi connectivity index (χ0n) is 10.7. The van der Waals surface area contributed by atoms with Gasteiger partial charge >= 0.3 is 0 Å². The number of rotatable bonds is 3. The maximum atomic E-state index is 6.27. The Morgan fingerprint density at radius 3 is 2.53 bits per heavy atom. The van der Waals surface area contributed by atoms with Crippen LogP contribution in [0.1, 0.15) is 18.4 Å². The largest absolute Gasteiger partial charge is 0.310 e. The summed E-state index contributed by atoms with van der Waals surface area (Å²) < 4.78 is 0. The molecule has 2 aromatic carbocycles. The van der Waals surface area contributed by atoms with E-state index in [0.717, 1.165) is 16.1 Å². The lowest BCUT2D eigenvalue weighted by atomic mass is 9.98. The molecule has 0 aliphatic heterocycles. The van der Waals surface area contributed by atoms with Crippen LogP contribution < -0.4 is 5.32 Å². The molecule has 0 radical (unpaired) electrons. The molecule has 19 heavy (non-hydrogen) atoms. The molecule has 0 spiro atoms. The zero-order chi connectivity index (χ0) is 13.5. The molecular weight excluding hydrogens is 277 g/mol. The summed E-state index contributed by atoms with van der Waals surface area (Å²) in [6, 6.07) is 14.1. The Bertz CT molecular complexity index is 618. The highest BCUT2D eigenvalue weighted by Gasteiger charge is 2.42. The maximum Gasteiger partial charge on any atom is 0.0485 e. The third-order valence-electron chi connectivity index (χ3n) is 3.88. The van der Waals surface area contributed by atoms with Crippen LogP contribution in [0.2, 0.25) is 10.0 Å². The third kappa shape index (κ3) is 2.38. The molecule has 1 N–H and O–H groups in total. The molecule has 0 heterocycles. The SMILES string of the molecule is CNC1(c2cccc(-c3cc(Cl)ccc3Cl)c2)CC1. The molecular formula is C16H15Cl2N. The zero-order valence-corrected chi connectivity index (χ0v) is 12.2. The second-order valence-corrected chi connectivity index (χ2v) is 5.88. The Balaban J connectivity index is 2.06. The number of hydrogen-bond donors (Lipinski definition) is 1. The summed E-state index contributed by atoms with van der Waals surface area (Å²) in [6.07, 6.45) is 2.38. The van der Waals surface area contributed by atoms with Gasteiger partial charge in [0.1, 0.15) is 0 Å². The van der Waals surface area contributed by atoms with Crippen LogP contribution in [0.3, 0.4) is 0 Å². The maximum absolute atomic E-state index is 6.27. The van der Waals surface area contributed by atoms with Gasteiger partial charge in [0.25, 0.3) is 0 Å². The summed E-state index contributed by atoms with van der Waals surface area (Å²) in [5.41, 5.74) is 3.60. The molecule has 0 amide bonds. The van der Waals surface area contributed by atoms with E-state index in [1.54, 1.807) is 0 Å². The first-order chi connectivity index (χ1) is 9.14. The van der Waals surface area contributed by atoms with Crippen molar-refractivity contribution in [1.82, 2.24) is 5.32 Å². The Morgan fingerprint density at radius 2 is 1.84 bits per heavy atom. The minimum absolute atomic E-state index is 0.168. The molecule has 1 nitrogen and oxygen atoms in total. The monoisotopic (exact) mass is 291 g/mol. The summed E-state index contributed by atoms with van der Waals surface area (Å²) in [4.78, 5) is 0. The summed E-state index contributed by atoms with van der Waals surface area (Å²) in [7, 11) is 2.02. The van der Waals surface area contributed by atoms with E-state index < -0.39 is 0 Å².